The van der Waals surface area contributed by atoms with Crippen molar-refractivity contribution in [2.75, 3.05) is 0 Å². The van der Waals surface area contributed by atoms with Crippen LogP contribution in [0, 0.1) is 0 Å². The molecule has 2 aromatic carbocycles. The first-order valence-corrected chi connectivity index (χ1v) is 14.3. The van der Waals surface area contributed by atoms with Crippen molar-refractivity contribution in [2.45, 2.75) is 16.5 Å². The van der Waals surface area contributed by atoms with Crippen LogP contribution in [0.5, 0.6) is 0 Å². The molecule has 0 atom stereocenters. The number of allylic oxidation sites excluding steroid dienone is 8. The normalized spacial score (nSPS) is 15.7. The Morgan fingerprint density at radius 2 is 1.08 bits per heavy atom. The molecular weight excluding hydrogens is 455 g/mol. The van der Waals surface area contributed by atoms with E-state index in [1.54, 1.807) is 6.66 Å². The van der Waals surface area contributed by atoms with Crippen molar-refractivity contribution in [3.63, 3.8) is 0 Å². The molecule has 0 saturated carbocycles. The summed E-state index contributed by atoms with van der Waals surface area (Å²) >= 11 is -2.24. The molecule has 0 spiro atoms. The van der Waals surface area contributed by atoms with Crippen LogP contribution in [0.4, 0.5) is 0 Å². The van der Waals surface area contributed by atoms with Crippen LogP contribution in [-0.2, 0) is 21.4 Å². The van der Waals surface area contributed by atoms with E-state index in [1.165, 1.54) is 11.1 Å². The van der Waals surface area contributed by atoms with Crippen LogP contribution in [0.15, 0.2) is 104 Å². The van der Waals surface area contributed by atoms with E-state index >= 15 is 0 Å². The van der Waals surface area contributed by atoms with Gasteiger partial charge in [-0.2, -0.15) is 0 Å². The Bertz CT molecular complexity index is 740. The van der Waals surface area contributed by atoms with Gasteiger partial charge < -0.3 is 0 Å². The summed E-state index contributed by atoms with van der Waals surface area (Å²) < 4.78 is 4.06. The zero-order valence-corrected chi connectivity index (χ0v) is 17.3. The summed E-state index contributed by atoms with van der Waals surface area (Å²) in [6.07, 6.45) is 16.3. The summed E-state index contributed by atoms with van der Waals surface area (Å²) in [5.41, 5.74) is 2.98. The monoisotopic (exact) mass is 477 g/mol. The Morgan fingerprint density at radius 3 is 1.46 bits per heavy atom. The summed E-state index contributed by atoms with van der Waals surface area (Å²) in [5.74, 6) is 0. The van der Waals surface area contributed by atoms with Gasteiger partial charge in [-0.3, -0.25) is 0 Å². The van der Waals surface area contributed by atoms with Crippen LogP contribution in [-0.4, -0.2) is 0 Å². The zero-order valence-electron chi connectivity index (χ0n) is 13.7. The molecule has 0 radical (unpaired) electrons. The first-order chi connectivity index (χ1) is 11.9. The topological polar surface area (TPSA) is 0 Å². The number of benzene rings is 2. The molecule has 0 bridgehead atoms. The van der Waals surface area contributed by atoms with E-state index in [0.29, 0.717) is 3.67 Å². The van der Waals surface area contributed by atoms with Gasteiger partial charge in [-0.25, -0.2) is 0 Å². The Kier molecular flexibility index (Phi) is 4.89. The third kappa shape index (κ3) is 3.23. The molecular formula is C23H21Hf. The fourth-order valence-corrected chi connectivity index (χ4v) is 16.0. The molecule has 0 aromatic heterocycles. The van der Waals surface area contributed by atoms with Crippen LogP contribution in [0.2, 0.25) is 0 Å². The number of hydrogen-bond acceptors (Lipinski definition) is 0. The van der Waals surface area contributed by atoms with Gasteiger partial charge >= 0.3 is 153 Å². The van der Waals surface area contributed by atoms with Crippen molar-refractivity contribution in [3.8, 4) is 0 Å². The summed E-state index contributed by atoms with van der Waals surface area (Å²) in [6, 6.07) is 22.3. The number of rotatable bonds is 5. The predicted molar refractivity (Wildman–Crippen MR) is 98.4 cm³/mol. The van der Waals surface area contributed by atoms with E-state index in [4.69, 9.17) is 0 Å². The quantitative estimate of drug-likeness (QED) is 0.460. The Hall–Kier alpha value is -1.73. The van der Waals surface area contributed by atoms with E-state index in [-0.39, 0.29) is 0 Å². The molecule has 4 rings (SSSR count). The van der Waals surface area contributed by atoms with Crippen molar-refractivity contribution in [1.29, 1.82) is 0 Å². The van der Waals surface area contributed by atoms with Crippen LogP contribution in [0.1, 0.15) is 27.6 Å². The van der Waals surface area contributed by atoms with Gasteiger partial charge in [0.15, 0.2) is 0 Å². The molecule has 0 amide bonds. The summed E-state index contributed by atoms with van der Waals surface area (Å²) in [4.78, 5) is 0. The van der Waals surface area contributed by atoms with E-state index in [2.05, 4.69) is 97.1 Å². The summed E-state index contributed by atoms with van der Waals surface area (Å²) in [7, 11) is 0. The van der Waals surface area contributed by atoms with E-state index in [0.717, 1.165) is 12.8 Å². The fourth-order valence-electron chi connectivity index (χ4n) is 3.69. The second-order valence-electron chi connectivity index (χ2n) is 6.32. The summed E-state index contributed by atoms with van der Waals surface area (Å²) in [6.45, 7) is 0. The van der Waals surface area contributed by atoms with E-state index in [1.807, 2.05) is 0 Å². The first kappa shape index (κ1) is 15.8. The van der Waals surface area contributed by atoms with Crippen molar-refractivity contribution in [2.24, 2.45) is 0 Å². The van der Waals surface area contributed by atoms with Crippen molar-refractivity contribution in [3.05, 3.63) is 115 Å². The molecule has 0 aliphatic heterocycles. The molecule has 24 heavy (non-hydrogen) atoms. The van der Waals surface area contributed by atoms with Crippen molar-refractivity contribution >= 4 is 0 Å². The van der Waals surface area contributed by atoms with Gasteiger partial charge in [0.1, 0.15) is 0 Å². The minimum atomic E-state index is -2.24. The summed E-state index contributed by atoms with van der Waals surface area (Å²) in [5, 5.41) is 0. The molecule has 117 valence electrons. The van der Waals surface area contributed by atoms with Crippen LogP contribution >= 0.6 is 0 Å². The second kappa shape index (κ2) is 7.44. The Labute approximate surface area is 152 Å². The zero-order chi connectivity index (χ0) is 16.2. The maximum atomic E-state index is 2.42. The van der Waals surface area contributed by atoms with E-state index < -0.39 is 21.4 Å². The molecule has 0 N–H and O–H groups in total. The fraction of sp³-hybridized carbons (Fsp3) is 0.130. The van der Waals surface area contributed by atoms with Crippen LogP contribution in [0.3, 0.4) is 0 Å². The average Bonchev–Trinajstić information content (AvgIpc) is 3.35. The third-order valence-electron chi connectivity index (χ3n) is 4.79. The molecule has 2 aromatic rings. The van der Waals surface area contributed by atoms with Crippen molar-refractivity contribution < 1.29 is 21.4 Å². The Morgan fingerprint density at radius 1 is 0.625 bits per heavy atom. The SMILES string of the molecule is C1=CC[C]([Hf]([C]2=CC=CC2)[CH](c2ccccc2)c2ccccc2)=C1. The Balaban J connectivity index is 1.83. The average molecular weight is 476 g/mol. The maximum absolute atomic E-state index is 2.42. The molecule has 1 heteroatoms. The molecule has 2 aliphatic carbocycles. The van der Waals surface area contributed by atoms with Gasteiger partial charge in [0.25, 0.3) is 0 Å². The van der Waals surface area contributed by atoms with Crippen molar-refractivity contribution in [1.82, 2.24) is 0 Å². The first-order valence-electron chi connectivity index (χ1n) is 8.62. The predicted octanol–water partition coefficient (Wildman–Crippen LogP) is 6.08. The number of hydrogen-bond donors (Lipinski definition) is 0. The minimum absolute atomic E-state index is 0.578. The van der Waals surface area contributed by atoms with Gasteiger partial charge in [-0.15, -0.1) is 0 Å². The third-order valence-corrected chi connectivity index (χ3v) is 16.9. The molecule has 0 unspecified atom stereocenters. The van der Waals surface area contributed by atoms with Gasteiger partial charge in [0, 0.05) is 0 Å². The van der Waals surface area contributed by atoms with Crippen LogP contribution < -0.4 is 0 Å². The molecule has 0 heterocycles. The molecule has 0 nitrogen and oxygen atoms in total. The van der Waals surface area contributed by atoms with Gasteiger partial charge in [-0.1, -0.05) is 0 Å². The second-order valence-corrected chi connectivity index (χ2v) is 16.0. The van der Waals surface area contributed by atoms with Gasteiger partial charge in [0.05, 0.1) is 0 Å². The van der Waals surface area contributed by atoms with Gasteiger partial charge in [-0.05, 0) is 0 Å². The van der Waals surface area contributed by atoms with Crippen LogP contribution in [0.25, 0.3) is 0 Å². The molecule has 0 saturated heterocycles. The van der Waals surface area contributed by atoms with Gasteiger partial charge in [0.2, 0.25) is 0 Å². The molecule has 0 fully saturated rings. The molecule has 2 aliphatic rings. The van der Waals surface area contributed by atoms with E-state index in [9.17, 15) is 0 Å². The standard InChI is InChI=1S/C13H11.2C5H5.Hf/c1-3-7-12(8-4-1)11-13-9-5-2-6-10-13;2*1-2-4-5-3-1;/h1-11H;2*1-3H,4H2;.